The van der Waals surface area contributed by atoms with Crippen LogP contribution < -0.4 is 0 Å². The third-order valence-electron chi connectivity index (χ3n) is 6.71. The summed E-state index contributed by atoms with van der Waals surface area (Å²) in [5.74, 6) is 2.30. The van der Waals surface area contributed by atoms with Crippen molar-refractivity contribution in [2.75, 3.05) is 6.61 Å². The minimum atomic E-state index is -0.385. The fourth-order valence-corrected chi connectivity index (χ4v) is 5.06. The molecule has 2 aliphatic carbocycles. The van der Waals surface area contributed by atoms with Gasteiger partial charge in [0.1, 0.15) is 6.10 Å². The van der Waals surface area contributed by atoms with E-state index in [-0.39, 0.29) is 18.0 Å². The van der Waals surface area contributed by atoms with Crippen molar-refractivity contribution in [3.05, 3.63) is 12.7 Å². The smallest absolute Gasteiger partial charge is 0.330 e. The van der Waals surface area contributed by atoms with Gasteiger partial charge in [-0.25, -0.2) is 4.79 Å². The Kier molecular flexibility index (Phi) is 10.7. The molecule has 0 spiro atoms. The first kappa shape index (κ1) is 23.0. The summed E-state index contributed by atoms with van der Waals surface area (Å²) in [5, 5.41) is 0. The van der Waals surface area contributed by atoms with E-state index >= 15 is 0 Å². The van der Waals surface area contributed by atoms with E-state index < -0.39 is 0 Å². The van der Waals surface area contributed by atoms with E-state index in [0.717, 1.165) is 49.9 Å². The average molecular weight is 393 g/mol. The number of carbonyl (C=O) groups excluding carboxylic acids is 2. The first-order chi connectivity index (χ1) is 13.6. The summed E-state index contributed by atoms with van der Waals surface area (Å²) >= 11 is 0. The Labute approximate surface area is 171 Å². The second-order valence-electron chi connectivity index (χ2n) is 8.78. The molecule has 4 nitrogen and oxygen atoms in total. The van der Waals surface area contributed by atoms with E-state index in [1.165, 1.54) is 57.4 Å². The zero-order valence-electron chi connectivity index (χ0n) is 17.8. The molecule has 0 aromatic heterocycles. The monoisotopic (exact) mass is 392 g/mol. The van der Waals surface area contributed by atoms with Gasteiger partial charge >= 0.3 is 11.9 Å². The van der Waals surface area contributed by atoms with Gasteiger partial charge in [0, 0.05) is 12.5 Å². The topological polar surface area (TPSA) is 52.6 Å². The van der Waals surface area contributed by atoms with Gasteiger partial charge in [0.15, 0.2) is 0 Å². The molecule has 28 heavy (non-hydrogen) atoms. The van der Waals surface area contributed by atoms with Crippen LogP contribution in [-0.4, -0.2) is 24.6 Å². The number of ether oxygens (including phenoxy) is 2. The van der Waals surface area contributed by atoms with Gasteiger partial charge in [-0.3, -0.25) is 4.79 Å². The van der Waals surface area contributed by atoms with E-state index in [0.29, 0.717) is 13.0 Å². The number of esters is 2. The van der Waals surface area contributed by atoms with Gasteiger partial charge in [0.2, 0.25) is 0 Å². The maximum Gasteiger partial charge on any atom is 0.330 e. The molecule has 4 heteroatoms. The first-order valence-corrected chi connectivity index (χ1v) is 11.6. The molecule has 2 fully saturated rings. The highest BCUT2D eigenvalue weighted by Gasteiger charge is 2.31. The fraction of sp³-hybridized carbons (Fsp3) is 0.833. The molecule has 0 N–H and O–H groups in total. The summed E-state index contributed by atoms with van der Waals surface area (Å²) < 4.78 is 10.6. The third kappa shape index (κ3) is 8.36. The molecular weight excluding hydrogens is 352 g/mol. The van der Waals surface area contributed by atoms with Crippen LogP contribution in [0.4, 0.5) is 0 Å². The van der Waals surface area contributed by atoms with Gasteiger partial charge in [-0.2, -0.15) is 0 Å². The van der Waals surface area contributed by atoms with E-state index in [1.54, 1.807) is 0 Å². The summed E-state index contributed by atoms with van der Waals surface area (Å²) in [4.78, 5) is 23.0. The standard InChI is InChI=1S/C24H40O4/c1-3-8-19-10-12-20(13-11-19)21-14-16-22(17-15-21)28-24(26)9-6-5-7-18-27-23(25)4-2/h4,19-22H,2-3,5-18H2,1H3. The summed E-state index contributed by atoms with van der Waals surface area (Å²) in [6.45, 7) is 6.05. The predicted octanol–water partition coefficient (Wildman–Crippen LogP) is 5.98. The number of hydrogen-bond acceptors (Lipinski definition) is 4. The minimum absolute atomic E-state index is 0.0633. The molecule has 0 bridgehead atoms. The summed E-state index contributed by atoms with van der Waals surface area (Å²) in [6.07, 6.45) is 17.2. The quantitative estimate of drug-likeness (QED) is 0.246. The summed E-state index contributed by atoms with van der Waals surface area (Å²) in [6, 6.07) is 0. The Bertz CT molecular complexity index is 471. The number of rotatable bonds is 11. The van der Waals surface area contributed by atoms with Crippen molar-refractivity contribution in [2.24, 2.45) is 17.8 Å². The molecule has 0 amide bonds. The van der Waals surface area contributed by atoms with E-state index in [1.807, 2.05) is 0 Å². The first-order valence-electron chi connectivity index (χ1n) is 11.6. The van der Waals surface area contributed by atoms with Gasteiger partial charge in [0.25, 0.3) is 0 Å². The second kappa shape index (κ2) is 13.0. The summed E-state index contributed by atoms with van der Waals surface area (Å²) in [5.41, 5.74) is 0. The molecule has 0 radical (unpaired) electrons. The van der Waals surface area contributed by atoms with Crippen LogP contribution in [0.15, 0.2) is 12.7 Å². The van der Waals surface area contributed by atoms with Crippen molar-refractivity contribution < 1.29 is 19.1 Å². The van der Waals surface area contributed by atoms with Crippen molar-refractivity contribution in [2.45, 2.75) is 103 Å². The van der Waals surface area contributed by atoms with Gasteiger partial charge in [0.05, 0.1) is 6.61 Å². The van der Waals surface area contributed by atoms with Crippen LogP contribution in [0, 0.1) is 17.8 Å². The fourth-order valence-electron chi connectivity index (χ4n) is 5.06. The highest BCUT2D eigenvalue weighted by molar-refractivity contribution is 5.81. The van der Waals surface area contributed by atoms with Crippen molar-refractivity contribution in [1.82, 2.24) is 0 Å². The van der Waals surface area contributed by atoms with Crippen LogP contribution in [-0.2, 0) is 19.1 Å². The van der Waals surface area contributed by atoms with Crippen LogP contribution >= 0.6 is 0 Å². The van der Waals surface area contributed by atoms with Crippen LogP contribution in [0.3, 0.4) is 0 Å². The molecule has 0 atom stereocenters. The minimum Gasteiger partial charge on any atom is -0.463 e. The maximum atomic E-state index is 12.1. The van der Waals surface area contributed by atoms with Crippen molar-refractivity contribution in [1.29, 1.82) is 0 Å². The van der Waals surface area contributed by atoms with E-state index in [2.05, 4.69) is 13.5 Å². The lowest BCUT2D eigenvalue weighted by molar-refractivity contribution is -0.151. The molecule has 0 aliphatic heterocycles. The molecule has 2 saturated carbocycles. The van der Waals surface area contributed by atoms with Gasteiger partial charge in [-0.05, 0) is 75.5 Å². The lowest BCUT2D eigenvalue weighted by atomic mass is 9.70. The normalized spacial score (nSPS) is 27.8. The Morgan fingerprint density at radius 2 is 1.57 bits per heavy atom. The van der Waals surface area contributed by atoms with Crippen LogP contribution in [0.2, 0.25) is 0 Å². The molecule has 2 rings (SSSR count). The molecule has 0 heterocycles. The van der Waals surface area contributed by atoms with Crippen LogP contribution in [0.25, 0.3) is 0 Å². The van der Waals surface area contributed by atoms with E-state index in [4.69, 9.17) is 9.47 Å². The molecule has 0 aromatic carbocycles. The number of carbonyl (C=O) groups is 2. The summed E-state index contributed by atoms with van der Waals surface area (Å²) in [7, 11) is 0. The zero-order valence-corrected chi connectivity index (χ0v) is 17.8. The van der Waals surface area contributed by atoms with E-state index in [9.17, 15) is 9.59 Å². The average Bonchev–Trinajstić information content (AvgIpc) is 2.72. The SMILES string of the molecule is C=CC(=O)OCCCCCC(=O)OC1CCC(C2CCC(CCC)CC2)CC1. The Hall–Kier alpha value is -1.32. The van der Waals surface area contributed by atoms with Crippen molar-refractivity contribution in [3.63, 3.8) is 0 Å². The Morgan fingerprint density at radius 1 is 0.929 bits per heavy atom. The van der Waals surface area contributed by atoms with Gasteiger partial charge < -0.3 is 9.47 Å². The molecule has 0 saturated heterocycles. The Morgan fingerprint density at radius 3 is 2.18 bits per heavy atom. The highest BCUT2D eigenvalue weighted by Crippen LogP contribution is 2.41. The van der Waals surface area contributed by atoms with Gasteiger partial charge in [-0.15, -0.1) is 0 Å². The second-order valence-corrected chi connectivity index (χ2v) is 8.78. The lowest BCUT2D eigenvalue weighted by Gasteiger charge is -2.37. The molecule has 2 aliphatic rings. The molecule has 0 aromatic rings. The highest BCUT2D eigenvalue weighted by atomic mass is 16.5. The number of unbranched alkanes of at least 4 members (excludes halogenated alkanes) is 2. The maximum absolute atomic E-state index is 12.1. The van der Waals surface area contributed by atoms with Crippen LogP contribution in [0.5, 0.6) is 0 Å². The molecule has 0 unspecified atom stereocenters. The molecule has 160 valence electrons. The lowest BCUT2D eigenvalue weighted by Crippen LogP contribution is -2.29. The van der Waals surface area contributed by atoms with Gasteiger partial charge in [-0.1, -0.05) is 39.2 Å². The van der Waals surface area contributed by atoms with Crippen LogP contribution in [0.1, 0.15) is 96.8 Å². The third-order valence-corrected chi connectivity index (χ3v) is 6.71. The van der Waals surface area contributed by atoms with Crippen molar-refractivity contribution >= 4 is 11.9 Å². The zero-order chi connectivity index (χ0) is 20.2. The largest absolute Gasteiger partial charge is 0.463 e. The predicted molar refractivity (Wildman–Crippen MR) is 112 cm³/mol. The number of hydrogen-bond donors (Lipinski definition) is 0. The van der Waals surface area contributed by atoms with Crippen molar-refractivity contribution in [3.8, 4) is 0 Å². The Balaban J connectivity index is 1.52. The molecular formula is C24H40O4.